The van der Waals surface area contributed by atoms with Gasteiger partial charge in [0.05, 0.1) is 48.9 Å². The van der Waals surface area contributed by atoms with Gasteiger partial charge in [-0.1, -0.05) is 46.2 Å². The Bertz CT molecular complexity index is 2050. The summed E-state index contributed by atoms with van der Waals surface area (Å²) in [5.41, 5.74) is 7.06. The van der Waals surface area contributed by atoms with Crippen LogP contribution in [0.3, 0.4) is 0 Å². The summed E-state index contributed by atoms with van der Waals surface area (Å²) in [6.45, 7) is 9.16. The van der Waals surface area contributed by atoms with E-state index in [-0.39, 0.29) is 41.1 Å². The van der Waals surface area contributed by atoms with Gasteiger partial charge in [-0.15, -0.1) is 0 Å². The number of alkyl carbamates (subject to hydrolysis) is 2. The molecule has 2 atom stereocenters. The highest BCUT2D eigenvalue weighted by molar-refractivity contribution is 5.87. The van der Waals surface area contributed by atoms with Crippen molar-refractivity contribution in [1.82, 2.24) is 40.8 Å². The molecule has 1 aliphatic heterocycles. The maximum atomic E-state index is 13.7. The summed E-state index contributed by atoms with van der Waals surface area (Å²) < 4.78 is 9.27. The van der Waals surface area contributed by atoms with E-state index in [4.69, 9.17) is 14.7 Å². The van der Waals surface area contributed by atoms with Crippen molar-refractivity contribution in [2.24, 2.45) is 5.92 Å². The molecule has 314 valence electrons. The van der Waals surface area contributed by atoms with E-state index in [1.807, 2.05) is 18.7 Å². The number of methoxy groups -OCH3 is 2. The number of rotatable bonds is 13. The Morgan fingerprint density at radius 3 is 2.00 bits per heavy atom. The summed E-state index contributed by atoms with van der Waals surface area (Å²) in [4.78, 5) is 67.5. The number of carbonyl (C=O) groups is 4. The van der Waals surface area contributed by atoms with Crippen LogP contribution in [0.1, 0.15) is 127 Å². The molecule has 4 aromatic rings. The summed E-state index contributed by atoms with van der Waals surface area (Å²) in [5.74, 6) is 1.32. The highest BCUT2D eigenvalue weighted by atomic mass is 16.5. The molecular formula is C44H62N8O6. The molecule has 2 aromatic carbocycles. The number of imidazole rings is 2. The molecule has 3 aliphatic carbocycles. The van der Waals surface area contributed by atoms with Gasteiger partial charge in [-0.05, 0) is 116 Å². The van der Waals surface area contributed by atoms with E-state index >= 15 is 0 Å². The van der Waals surface area contributed by atoms with Gasteiger partial charge in [0.2, 0.25) is 11.8 Å². The first-order chi connectivity index (χ1) is 27.9. The molecule has 4 aliphatic rings. The number of benzene rings is 2. The number of nitrogens with one attached hydrogen (secondary N) is 5. The van der Waals surface area contributed by atoms with E-state index in [1.165, 1.54) is 31.8 Å². The molecule has 14 heteroatoms. The topological polar surface area (TPSA) is 183 Å². The number of hydrogen-bond donors (Lipinski definition) is 5. The first-order valence-corrected chi connectivity index (χ1v) is 21.2. The number of amides is 4. The van der Waals surface area contributed by atoms with E-state index < -0.39 is 18.2 Å². The van der Waals surface area contributed by atoms with Crippen molar-refractivity contribution in [2.75, 3.05) is 33.9 Å². The van der Waals surface area contributed by atoms with E-state index in [1.54, 1.807) is 0 Å². The molecule has 3 heterocycles. The molecule has 4 amide bonds. The molecule has 2 unspecified atom stereocenters. The van der Waals surface area contributed by atoms with Crippen molar-refractivity contribution in [3.8, 4) is 0 Å². The number of H-pyrrole nitrogens is 2. The molecule has 8 rings (SSSR count). The van der Waals surface area contributed by atoms with Crippen molar-refractivity contribution < 1.29 is 28.7 Å². The maximum absolute atomic E-state index is 13.7. The molecule has 4 fully saturated rings. The van der Waals surface area contributed by atoms with Gasteiger partial charge in [0.25, 0.3) is 0 Å². The third-order valence-corrected chi connectivity index (χ3v) is 12.5. The Morgan fingerprint density at radius 2 is 1.41 bits per heavy atom. The van der Waals surface area contributed by atoms with Crippen molar-refractivity contribution >= 4 is 46.1 Å². The minimum absolute atomic E-state index is 0.0854. The number of aryl methyl sites for hydroxylation is 1. The monoisotopic (exact) mass is 798 g/mol. The van der Waals surface area contributed by atoms with Crippen LogP contribution in [0, 0.1) is 5.92 Å². The molecule has 5 N–H and O–H groups in total. The summed E-state index contributed by atoms with van der Waals surface area (Å²) >= 11 is 0. The normalized spacial score (nSPS) is 21.7. The smallest absolute Gasteiger partial charge is 0.407 e. The minimum Gasteiger partial charge on any atom is -0.453 e. The zero-order valence-corrected chi connectivity index (χ0v) is 35.1. The van der Waals surface area contributed by atoms with Crippen molar-refractivity contribution in [3.63, 3.8) is 0 Å². The summed E-state index contributed by atoms with van der Waals surface area (Å²) in [6, 6.07) is 12.6. The Kier molecular flexibility index (Phi) is 13.6. The summed E-state index contributed by atoms with van der Waals surface area (Å²) in [7, 11) is 2.57. The Balaban J connectivity index is 0.00000183. The maximum Gasteiger partial charge on any atom is 0.407 e. The first kappa shape index (κ1) is 42.5. The first-order valence-electron chi connectivity index (χ1n) is 21.2. The van der Waals surface area contributed by atoms with E-state index in [9.17, 15) is 19.2 Å². The minimum atomic E-state index is -0.665. The number of unbranched alkanes of at least 4 members (excludes halogenated alkanes) is 1. The molecule has 14 nitrogen and oxygen atoms in total. The fraction of sp³-hybridized carbons (Fsp3) is 0.591. The lowest BCUT2D eigenvalue weighted by Gasteiger charge is -2.54. The molecule has 3 saturated carbocycles. The van der Waals surface area contributed by atoms with Crippen LogP contribution in [0.15, 0.2) is 36.4 Å². The van der Waals surface area contributed by atoms with Crippen LogP contribution in [-0.2, 0) is 36.3 Å². The van der Waals surface area contributed by atoms with Crippen LogP contribution in [0.4, 0.5) is 9.59 Å². The van der Waals surface area contributed by atoms with E-state index in [0.717, 1.165) is 104 Å². The Labute approximate surface area is 341 Å². The SMILES string of the molecule is CCC.COC(=O)NCC(=O)NCCCCc1nc2ccc(C34CCC(c5ccc6nc(C7CCCN7C(=O)C(NC(=O)OC)C(C)C)[nH]c6c5)(CC3)CC4)cc2[nH]1. The summed E-state index contributed by atoms with van der Waals surface area (Å²) in [6.07, 6.45) is 11.0. The average molecular weight is 799 g/mol. The van der Waals surface area contributed by atoms with Crippen LogP contribution in [0.5, 0.6) is 0 Å². The molecule has 58 heavy (non-hydrogen) atoms. The van der Waals surface area contributed by atoms with Crippen LogP contribution in [0.2, 0.25) is 0 Å². The zero-order valence-electron chi connectivity index (χ0n) is 35.1. The van der Waals surface area contributed by atoms with Gasteiger partial charge in [0, 0.05) is 19.5 Å². The van der Waals surface area contributed by atoms with E-state index in [0.29, 0.717) is 13.1 Å². The van der Waals surface area contributed by atoms with Gasteiger partial charge in [0.15, 0.2) is 0 Å². The van der Waals surface area contributed by atoms with Crippen LogP contribution < -0.4 is 16.0 Å². The third-order valence-electron chi connectivity index (χ3n) is 12.5. The molecule has 1 saturated heterocycles. The number of nitrogens with zero attached hydrogens (tertiary/aromatic N) is 3. The van der Waals surface area contributed by atoms with Gasteiger partial charge >= 0.3 is 12.2 Å². The predicted molar refractivity (Wildman–Crippen MR) is 223 cm³/mol. The lowest BCUT2D eigenvalue weighted by atomic mass is 9.50. The van der Waals surface area contributed by atoms with Crippen molar-refractivity contribution in [2.45, 2.75) is 128 Å². The average Bonchev–Trinajstić information content (AvgIpc) is 4.00. The standard InChI is InChI=1S/C41H54N8O6.C3H8/c1-25(2)35(48-39(53)55-4)37(51)49-21-7-8-32(49)36-46-29-13-11-27(23-31(29)47-36)41-17-14-40(15-18-41,16-19-41)26-10-12-28-30(22-26)45-33(44-28)9-5-6-20-42-34(50)24-43-38(52)54-3;1-3-2/h10-13,22-23,25,32,35H,5-9,14-21,24H2,1-4H3,(H,42,50)(H,43,52)(H,44,45)(H,46,47)(H,48,53);3H2,1-2H3. The molecule has 2 bridgehead atoms. The van der Waals surface area contributed by atoms with Crippen LogP contribution in [0.25, 0.3) is 22.1 Å². The Hall–Kier alpha value is -5.14. The fourth-order valence-electron chi connectivity index (χ4n) is 9.20. The largest absolute Gasteiger partial charge is 0.453 e. The van der Waals surface area contributed by atoms with Gasteiger partial charge in [-0.2, -0.15) is 0 Å². The van der Waals surface area contributed by atoms with Crippen molar-refractivity contribution in [1.29, 1.82) is 0 Å². The number of ether oxygens (including phenoxy) is 2. The van der Waals surface area contributed by atoms with Gasteiger partial charge < -0.3 is 40.3 Å². The second-order valence-corrected chi connectivity index (χ2v) is 16.7. The van der Waals surface area contributed by atoms with Crippen LogP contribution in [-0.4, -0.2) is 88.7 Å². The quantitative estimate of drug-likeness (QED) is 0.0878. The number of aromatic nitrogens is 4. The lowest BCUT2D eigenvalue weighted by molar-refractivity contribution is -0.135. The second kappa shape index (κ2) is 18.6. The van der Waals surface area contributed by atoms with Gasteiger partial charge in [-0.3, -0.25) is 9.59 Å². The molecule has 0 spiro atoms. The second-order valence-electron chi connectivity index (χ2n) is 16.7. The van der Waals surface area contributed by atoms with Gasteiger partial charge in [0.1, 0.15) is 17.7 Å². The van der Waals surface area contributed by atoms with Gasteiger partial charge in [-0.25, -0.2) is 19.6 Å². The molecule has 2 aromatic heterocycles. The molecule has 0 radical (unpaired) electrons. The lowest BCUT2D eigenvalue weighted by Crippen LogP contribution is -2.51. The van der Waals surface area contributed by atoms with E-state index in [2.05, 4.69) is 80.9 Å². The highest BCUT2D eigenvalue weighted by Crippen LogP contribution is 2.59. The number of aromatic amines is 2. The molecular weight excluding hydrogens is 737 g/mol. The van der Waals surface area contributed by atoms with Crippen molar-refractivity contribution in [3.05, 3.63) is 59.2 Å². The number of fused-ring (bicyclic) bond motifs is 5. The number of likely N-dealkylation sites (tertiary alicyclic amines) is 1. The van der Waals surface area contributed by atoms with Crippen LogP contribution >= 0.6 is 0 Å². The fourth-order valence-corrected chi connectivity index (χ4v) is 9.20. The Morgan fingerprint density at radius 1 is 0.828 bits per heavy atom. The zero-order chi connectivity index (χ0) is 41.5. The highest BCUT2D eigenvalue weighted by Gasteiger charge is 2.50. The third kappa shape index (κ3) is 9.26. The summed E-state index contributed by atoms with van der Waals surface area (Å²) in [5, 5.41) is 7.92. The number of carbonyl (C=O) groups excluding carboxylic acids is 4. The number of hydrogen-bond acceptors (Lipinski definition) is 8. The predicted octanol–water partition coefficient (Wildman–Crippen LogP) is 7.24.